The third kappa shape index (κ3) is 1.75. The van der Waals surface area contributed by atoms with Gasteiger partial charge in [-0.05, 0) is 38.3 Å². The molecule has 0 spiro atoms. The summed E-state index contributed by atoms with van der Waals surface area (Å²) in [6.45, 7) is 2.22. The minimum Gasteiger partial charge on any atom is -0.322 e. The number of rotatable bonds is 1. The Bertz CT molecular complexity index is 533. The molecule has 1 aliphatic rings. The quantitative estimate of drug-likeness (QED) is 0.772. The van der Waals surface area contributed by atoms with Gasteiger partial charge in [-0.3, -0.25) is 4.98 Å². The first-order chi connectivity index (χ1) is 8.27. The van der Waals surface area contributed by atoms with E-state index in [1.165, 1.54) is 12.8 Å². The fourth-order valence-electron chi connectivity index (χ4n) is 2.51. The van der Waals surface area contributed by atoms with Crippen LogP contribution in [0, 0.1) is 0 Å². The molecule has 3 rings (SSSR count). The summed E-state index contributed by atoms with van der Waals surface area (Å²) in [6.07, 6.45) is 5.18. The molecule has 2 aromatic heterocycles. The number of halogens is 1. The lowest BCUT2D eigenvalue weighted by Gasteiger charge is -2.23. The van der Waals surface area contributed by atoms with E-state index in [4.69, 9.17) is 11.6 Å². The summed E-state index contributed by atoms with van der Waals surface area (Å²) in [5, 5.41) is 0.636. The standard InChI is InChI=1S/C13H14ClN3/c1-9-5-4-7-11-12(14)16-13(17(9)11)10-6-2-3-8-15-10/h2-3,6,8-9H,4-5,7H2,1H3. The lowest BCUT2D eigenvalue weighted by atomic mass is 10.0. The average molecular weight is 248 g/mol. The highest BCUT2D eigenvalue weighted by Gasteiger charge is 2.24. The molecule has 0 amide bonds. The molecule has 2 aromatic rings. The molecule has 4 heteroatoms. The maximum atomic E-state index is 6.22. The van der Waals surface area contributed by atoms with Gasteiger partial charge in [0.05, 0.1) is 5.69 Å². The average Bonchev–Trinajstić information content (AvgIpc) is 2.70. The Morgan fingerprint density at radius 1 is 1.41 bits per heavy atom. The Balaban J connectivity index is 2.18. The number of nitrogens with zero attached hydrogens (tertiary/aromatic N) is 3. The normalized spacial score (nSPS) is 19.1. The molecule has 3 heterocycles. The molecule has 1 unspecified atom stereocenters. The molecule has 1 atom stereocenters. The van der Waals surface area contributed by atoms with Crippen LogP contribution >= 0.6 is 11.6 Å². The van der Waals surface area contributed by atoms with Crippen molar-refractivity contribution >= 4 is 11.6 Å². The Labute approximate surface area is 105 Å². The number of hydrogen-bond acceptors (Lipinski definition) is 2. The summed E-state index contributed by atoms with van der Waals surface area (Å²) >= 11 is 6.22. The van der Waals surface area contributed by atoms with Crippen LogP contribution < -0.4 is 0 Å². The summed E-state index contributed by atoms with van der Waals surface area (Å²) < 4.78 is 2.24. The SMILES string of the molecule is CC1CCCc2c(Cl)nc(-c3ccccn3)n21. The predicted octanol–water partition coefficient (Wildman–Crippen LogP) is 3.50. The van der Waals surface area contributed by atoms with E-state index in [0.29, 0.717) is 11.2 Å². The van der Waals surface area contributed by atoms with Gasteiger partial charge in [-0.2, -0.15) is 0 Å². The third-order valence-corrected chi connectivity index (χ3v) is 3.63. The van der Waals surface area contributed by atoms with Crippen LogP contribution in [0.2, 0.25) is 5.15 Å². The largest absolute Gasteiger partial charge is 0.322 e. The van der Waals surface area contributed by atoms with E-state index in [-0.39, 0.29) is 0 Å². The molecular formula is C13H14ClN3. The van der Waals surface area contributed by atoms with Gasteiger partial charge in [-0.1, -0.05) is 17.7 Å². The molecule has 0 saturated heterocycles. The first-order valence-corrected chi connectivity index (χ1v) is 6.33. The van der Waals surface area contributed by atoms with E-state index in [2.05, 4.69) is 21.5 Å². The van der Waals surface area contributed by atoms with Crippen molar-refractivity contribution in [3.63, 3.8) is 0 Å². The Hall–Kier alpha value is -1.35. The summed E-state index contributed by atoms with van der Waals surface area (Å²) in [7, 11) is 0. The fourth-order valence-corrected chi connectivity index (χ4v) is 2.77. The van der Waals surface area contributed by atoms with Gasteiger partial charge < -0.3 is 4.57 Å². The Kier molecular flexibility index (Phi) is 2.63. The topological polar surface area (TPSA) is 30.7 Å². The molecule has 0 radical (unpaired) electrons. The molecule has 0 N–H and O–H groups in total. The van der Waals surface area contributed by atoms with Crippen LogP contribution in [0.1, 0.15) is 31.5 Å². The lowest BCUT2D eigenvalue weighted by Crippen LogP contribution is -2.16. The second kappa shape index (κ2) is 4.15. The first kappa shape index (κ1) is 10.8. The summed E-state index contributed by atoms with van der Waals surface area (Å²) in [5.41, 5.74) is 2.06. The zero-order valence-corrected chi connectivity index (χ0v) is 10.5. The molecule has 0 aliphatic carbocycles. The molecule has 88 valence electrons. The van der Waals surface area contributed by atoms with E-state index in [1.54, 1.807) is 6.20 Å². The molecule has 0 fully saturated rings. The smallest absolute Gasteiger partial charge is 0.160 e. The molecule has 0 saturated carbocycles. The van der Waals surface area contributed by atoms with Crippen molar-refractivity contribution in [2.75, 3.05) is 0 Å². The van der Waals surface area contributed by atoms with Crippen molar-refractivity contribution in [3.05, 3.63) is 35.2 Å². The van der Waals surface area contributed by atoms with Gasteiger partial charge in [0.2, 0.25) is 0 Å². The molecule has 3 nitrogen and oxygen atoms in total. The van der Waals surface area contributed by atoms with Gasteiger partial charge >= 0.3 is 0 Å². The number of imidazole rings is 1. The summed E-state index contributed by atoms with van der Waals surface area (Å²) in [5.74, 6) is 0.901. The number of fused-ring (bicyclic) bond motifs is 1. The molecule has 17 heavy (non-hydrogen) atoms. The van der Waals surface area contributed by atoms with E-state index in [9.17, 15) is 0 Å². The van der Waals surface area contributed by atoms with E-state index in [0.717, 1.165) is 23.6 Å². The zero-order chi connectivity index (χ0) is 11.8. The maximum Gasteiger partial charge on any atom is 0.160 e. The van der Waals surface area contributed by atoms with Crippen molar-refractivity contribution in [1.82, 2.24) is 14.5 Å². The highest BCUT2D eigenvalue weighted by Crippen LogP contribution is 2.34. The van der Waals surface area contributed by atoms with Crippen LogP contribution in [0.3, 0.4) is 0 Å². The highest BCUT2D eigenvalue weighted by atomic mass is 35.5. The first-order valence-electron chi connectivity index (χ1n) is 5.95. The van der Waals surface area contributed by atoms with Crippen molar-refractivity contribution in [1.29, 1.82) is 0 Å². The Morgan fingerprint density at radius 2 is 2.29 bits per heavy atom. The predicted molar refractivity (Wildman–Crippen MR) is 68.1 cm³/mol. The van der Waals surface area contributed by atoms with Gasteiger partial charge in [-0.25, -0.2) is 4.98 Å². The molecule has 0 aromatic carbocycles. The van der Waals surface area contributed by atoms with Crippen LogP contribution in [0.15, 0.2) is 24.4 Å². The van der Waals surface area contributed by atoms with Gasteiger partial charge in [-0.15, -0.1) is 0 Å². The zero-order valence-electron chi connectivity index (χ0n) is 9.73. The Morgan fingerprint density at radius 3 is 3.06 bits per heavy atom. The highest BCUT2D eigenvalue weighted by molar-refractivity contribution is 6.30. The van der Waals surface area contributed by atoms with Crippen LogP contribution in [-0.2, 0) is 6.42 Å². The van der Waals surface area contributed by atoms with Crippen molar-refractivity contribution < 1.29 is 0 Å². The van der Waals surface area contributed by atoms with Crippen molar-refractivity contribution in [3.8, 4) is 11.5 Å². The summed E-state index contributed by atoms with van der Waals surface area (Å²) in [4.78, 5) is 8.84. The van der Waals surface area contributed by atoms with Crippen LogP contribution in [0.4, 0.5) is 0 Å². The number of pyridine rings is 1. The summed E-state index contributed by atoms with van der Waals surface area (Å²) in [6, 6.07) is 6.32. The second-order valence-corrected chi connectivity index (χ2v) is 4.86. The molecule has 0 bridgehead atoms. The molecule has 1 aliphatic heterocycles. The minimum atomic E-state index is 0.454. The van der Waals surface area contributed by atoms with E-state index < -0.39 is 0 Å². The maximum absolute atomic E-state index is 6.22. The second-order valence-electron chi connectivity index (χ2n) is 4.50. The van der Waals surface area contributed by atoms with E-state index >= 15 is 0 Å². The number of aromatic nitrogens is 3. The van der Waals surface area contributed by atoms with Crippen molar-refractivity contribution in [2.24, 2.45) is 0 Å². The van der Waals surface area contributed by atoms with Crippen LogP contribution in [0.25, 0.3) is 11.5 Å². The number of hydrogen-bond donors (Lipinski definition) is 0. The minimum absolute atomic E-state index is 0.454. The van der Waals surface area contributed by atoms with Crippen LogP contribution in [-0.4, -0.2) is 14.5 Å². The lowest BCUT2D eigenvalue weighted by molar-refractivity contribution is 0.435. The molecular weight excluding hydrogens is 234 g/mol. The fraction of sp³-hybridized carbons (Fsp3) is 0.385. The monoisotopic (exact) mass is 247 g/mol. The van der Waals surface area contributed by atoms with Gasteiger partial charge in [0.15, 0.2) is 11.0 Å². The third-order valence-electron chi connectivity index (χ3n) is 3.33. The van der Waals surface area contributed by atoms with E-state index in [1.807, 2.05) is 18.2 Å². The van der Waals surface area contributed by atoms with Crippen molar-refractivity contribution in [2.45, 2.75) is 32.2 Å². The van der Waals surface area contributed by atoms with Gasteiger partial charge in [0.1, 0.15) is 5.69 Å². The van der Waals surface area contributed by atoms with Gasteiger partial charge in [0.25, 0.3) is 0 Å². The van der Waals surface area contributed by atoms with Crippen LogP contribution in [0.5, 0.6) is 0 Å². The van der Waals surface area contributed by atoms with Gasteiger partial charge in [0, 0.05) is 12.2 Å².